The van der Waals surface area contributed by atoms with Crippen LogP contribution < -0.4 is 5.32 Å². The third kappa shape index (κ3) is 4.60. The average Bonchev–Trinajstić information content (AvgIpc) is 2.64. The van der Waals surface area contributed by atoms with E-state index in [0.29, 0.717) is 6.04 Å². The zero-order valence-electron chi connectivity index (χ0n) is 13.5. The number of nitrogens with one attached hydrogen (secondary N) is 1. The normalized spacial score (nSPS) is 18.9. The Morgan fingerprint density at radius 3 is 2.45 bits per heavy atom. The maximum atomic E-state index is 3.81. The molecule has 2 heteroatoms. The summed E-state index contributed by atoms with van der Waals surface area (Å²) < 4.78 is 0. The summed E-state index contributed by atoms with van der Waals surface area (Å²) in [5.74, 6) is 0.937. The number of hydrogen-bond acceptors (Lipinski definition) is 2. The molecule has 1 aromatic rings. The van der Waals surface area contributed by atoms with Gasteiger partial charge in [-0.1, -0.05) is 45.4 Å². The van der Waals surface area contributed by atoms with Crippen LogP contribution in [0.5, 0.6) is 0 Å². The fourth-order valence-corrected chi connectivity index (χ4v) is 4.56. The van der Waals surface area contributed by atoms with E-state index >= 15 is 0 Å². The van der Waals surface area contributed by atoms with Crippen LogP contribution in [0.1, 0.15) is 79.6 Å². The van der Waals surface area contributed by atoms with Gasteiger partial charge in [0.2, 0.25) is 0 Å². The third-order valence-corrected chi connectivity index (χ3v) is 5.62. The second kappa shape index (κ2) is 8.19. The minimum absolute atomic E-state index is 0.586. The molecule has 1 nitrogen and oxygen atoms in total. The van der Waals surface area contributed by atoms with Crippen LogP contribution in [-0.2, 0) is 0 Å². The fraction of sp³-hybridized carbons (Fsp3) is 0.778. The van der Waals surface area contributed by atoms with Crippen LogP contribution in [0.2, 0.25) is 0 Å². The summed E-state index contributed by atoms with van der Waals surface area (Å²) in [7, 11) is 0. The average molecular weight is 294 g/mol. The molecule has 20 heavy (non-hydrogen) atoms. The fourth-order valence-electron chi connectivity index (χ4n) is 3.57. The summed E-state index contributed by atoms with van der Waals surface area (Å²) >= 11 is 1.96. The molecule has 0 saturated heterocycles. The molecule has 1 N–H and O–H groups in total. The predicted molar refractivity (Wildman–Crippen MR) is 90.6 cm³/mol. The number of rotatable bonds is 6. The summed E-state index contributed by atoms with van der Waals surface area (Å²) in [6, 6.07) is 3.01. The smallest absolute Gasteiger partial charge is 0.0333 e. The lowest BCUT2D eigenvalue weighted by Gasteiger charge is -2.24. The highest BCUT2D eigenvalue weighted by molar-refractivity contribution is 7.12. The maximum Gasteiger partial charge on any atom is 0.0333 e. The summed E-state index contributed by atoms with van der Waals surface area (Å²) in [5.41, 5.74) is 1.57. The molecule has 0 aliphatic heterocycles. The second-order valence-electron chi connectivity index (χ2n) is 6.47. The van der Waals surface area contributed by atoms with Gasteiger partial charge in [0.25, 0.3) is 0 Å². The highest BCUT2D eigenvalue weighted by Crippen LogP contribution is 2.34. The Hall–Kier alpha value is -0.340. The molecule has 2 rings (SSSR count). The van der Waals surface area contributed by atoms with Crippen molar-refractivity contribution in [2.45, 2.75) is 78.2 Å². The highest BCUT2D eigenvalue weighted by Gasteiger charge is 2.21. The van der Waals surface area contributed by atoms with E-state index in [9.17, 15) is 0 Å². The van der Waals surface area contributed by atoms with E-state index in [0.717, 1.165) is 12.5 Å². The Labute approximate surface area is 129 Å². The Balaban J connectivity index is 2.04. The third-order valence-electron chi connectivity index (χ3n) is 4.64. The van der Waals surface area contributed by atoms with E-state index in [2.05, 4.69) is 32.2 Å². The molecule has 0 bridgehead atoms. The second-order valence-corrected chi connectivity index (χ2v) is 7.93. The molecule has 1 aromatic heterocycles. The number of aryl methyl sites for hydroxylation is 2. The molecular weight excluding hydrogens is 262 g/mol. The topological polar surface area (TPSA) is 12.0 Å². The standard InChI is InChI=1S/C18H31NS/c1-4-11-19-18(17-12-14(2)20-15(17)3)13-16-9-7-5-6-8-10-16/h12,16,18-19H,4-11,13H2,1-3H3. The highest BCUT2D eigenvalue weighted by atomic mass is 32.1. The summed E-state index contributed by atoms with van der Waals surface area (Å²) in [5, 5.41) is 3.81. The van der Waals surface area contributed by atoms with Crippen molar-refractivity contribution in [1.82, 2.24) is 5.32 Å². The minimum Gasteiger partial charge on any atom is -0.310 e. The first-order valence-corrected chi connectivity index (χ1v) is 9.32. The molecule has 1 heterocycles. The SMILES string of the molecule is CCCNC(CC1CCCCCC1)c1cc(C)sc1C. The van der Waals surface area contributed by atoms with Gasteiger partial charge in [0, 0.05) is 15.8 Å². The number of hydrogen-bond donors (Lipinski definition) is 1. The first-order valence-electron chi connectivity index (χ1n) is 8.51. The van der Waals surface area contributed by atoms with Crippen molar-refractivity contribution in [3.63, 3.8) is 0 Å². The van der Waals surface area contributed by atoms with E-state index in [4.69, 9.17) is 0 Å². The lowest BCUT2D eigenvalue weighted by Crippen LogP contribution is -2.24. The van der Waals surface area contributed by atoms with Gasteiger partial charge in [-0.2, -0.15) is 0 Å². The molecule has 0 spiro atoms. The molecule has 1 saturated carbocycles. The van der Waals surface area contributed by atoms with Crippen LogP contribution in [0.3, 0.4) is 0 Å². The van der Waals surface area contributed by atoms with E-state index in [1.54, 1.807) is 5.56 Å². The first-order chi connectivity index (χ1) is 9.70. The molecule has 1 aliphatic rings. The molecule has 1 fully saturated rings. The maximum absolute atomic E-state index is 3.81. The molecule has 0 amide bonds. The van der Waals surface area contributed by atoms with Gasteiger partial charge >= 0.3 is 0 Å². The lowest BCUT2D eigenvalue weighted by molar-refractivity contribution is 0.356. The van der Waals surface area contributed by atoms with Crippen LogP contribution in [0.4, 0.5) is 0 Å². The Bertz CT molecular complexity index is 388. The molecule has 1 unspecified atom stereocenters. The predicted octanol–water partition coefficient (Wildman–Crippen LogP) is 5.77. The van der Waals surface area contributed by atoms with Crippen LogP contribution in [-0.4, -0.2) is 6.54 Å². The van der Waals surface area contributed by atoms with Gasteiger partial charge in [-0.25, -0.2) is 0 Å². The van der Waals surface area contributed by atoms with E-state index in [1.165, 1.54) is 61.1 Å². The first kappa shape index (κ1) is 16.0. The van der Waals surface area contributed by atoms with Gasteiger partial charge < -0.3 is 5.32 Å². The van der Waals surface area contributed by atoms with Crippen molar-refractivity contribution < 1.29 is 0 Å². The number of thiophene rings is 1. The van der Waals surface area contributed by atoms with E-state index in [-0.39, 0.29) is 0 Å². The van der Waals surface area contributed by atoms with Crippen LogP contribution >= 0.6 is 11.3 Å². The van der Waals surface area contributed by atoms with Gasteiger partial charge in [0.05, 0.1) is 0 Å². The molecule has 1 aliphatic carbocycles. The van der Waals surface area contributed by atoms with Crippen molar-refractivity contribution >= 4 is 11.3 Å². The lowest BCUT2D eigenvalue weighted by atomic mass is 9.89. The van der Waals surface area contributed by atoms with Crippen molar-refractivity contribution in [2.75, 3.05) is 6.54 Å². The largest absolute Gasteiger partial charge is 0.310 e. The molecule has 114 valence electrons. The zero-order chi connectivity index (χ0) is 14.4. The summed E-state index contributed by atoms with van der Waals surface area (Å²) in [4.78, 5) is 2.98. The Morgan fingerprint density at radius 1 is 1.20 bits per heavy atom. The zero-order valence-corrected chi connectivity index (χ0v) is 14.3. The monoisotopic (exact) mass is 293 g/mol. The van der Waals surface area contributed by atoms with Crippen molar-refractivity contribution in [3.8, 4) is 0 Å². The minimum atomic E-state index is 0.586. The van der Waals surface area contributed by atoms with Gasteiger partial charge in [0.15, 0.2) is 0 Å². The van der Waals surface area contributed by atoms with Crippen LogP contribution in [0, 0.1) is 19.8 Å². The molecule has 1 atom stereocenters. The van der Waals surface area contributed by atoms with E-state index < -0.39 is 0 Å². The summed E-state index contributed by atoms with van der Waals surface area (Å²) in [6.45, 7) is 7.94. The van der Waals surface area contributed by atoms with Gasteiger partial charge in [-0.3, -0.25) is 0 Å². The van der Waals surface area contributed by atoms with Crippen molar-refractivity contribution in [2.24, 2.45) is 5.92 Å². The van der Waals surface area contributed by atoms with Crippen molar-refractivity contribution in [1.29, 1.82) is 0 Å². The van der Waals surface area contributed by atoms with Crippen LogP contribution in [0.15, 0.2) is 6.07 Å². The Kier molecular flexibility index (Phi) is 6.57. The quantitative estimate of drug-likeness (QED) is 0.657. The van der Waals surface area contributed by atoms with Crippen LogP contribution in [0.25, 0.3) is 0 Å². The summed E-state index contributed by atoms with van der Waals surface area (Å²) in [6.07, 6.45) is 11.3. The van der Waals surface area contributed by atoms with Gasteiger partial charge in [-0.15, -0.1) is 11.3 Å². The van der Waals surface area contributed by atoms with Crippen molar-refractivity contribution in [3.05, 3.63) is 21.4 Å². The molecule has 0 radical (unpaired) electrons. The molecule has 0 aromatic carbocycles. The van der Waals surface area contributed by atoms with Gasteiger partial charge in [-0.05, 0) is 50.8 Å². The van der Waals surface area contributed by atoms with Gasteiger partial charge in [0.1, 0.15) is 0 Å². The Morgan fingerprint density at radius 2 is 1.90 bits per heavy atom. The van der Waals surface area contributed by atoms with E-state index in [1.807, 2.05) is 11.3 Å². The molecular formula is C18H31NS.